The molecule has 0 saturated carbocycles. The second-order valence-electron chi connectivity index (χ2n) is 3.12. The van der Waals surface area contributed by atoms with Gasteiger partial charge in [0.15, 0.2) is 0 Å². The van der Waals surface area contributed by atoms with Crippen LogP contribution in [-0.4, -0.2) is 13.2 Å². The van der Waals surface area contributed by atoms with E-state index in [0.29, 0.717) is 11.8 Å². The molecule has 2 nitrogen and oxygen atoms in total. The van der Waals surface area contributed by atoms with E-state index in [1.807, 2.05) is 27.7 Å². The Morgan fingerprint density at radius 3 is 0.909 bits per heavy atom. The van der Waals surface area contributed by atoms with Crippen LogP contribution < -0.4 is 10.2 Å². The molecule has 0 heterocycles. The van der Waals surface area contributed by atoms with E-state index in [4.69, 9.17) is 0 Å². The number of rotatable bonds is 2. The average molecular weight is 325 g/mol. The zero-order valence-electron chi connectivity index (χ0n) is 7.89. The molecule has 0 aliphatic rings. The first-order valence-corrected chi connectivity index (χ1v) is 3.70. The van der Waals surface area contributed by atoms with Crippen LogP contribution in [0.4, 0.5) is 0 Å². The molecule has 0 aliphatic heterocycles. The first kappa shape index (κ1) is 17.8. The summed E-state index contributed by atoms with van der Waals surface area (Å²) in [5, 5.41) is 19.3. The van der Waals surface area contributed by atoms with Gasteiger partial charge in [0.2, 0.25) is 0 Å². The molecule has 0 unspecified atom stereocenters. The molecule has 0 bridgehead atoms. The smallest absolute Gasteiger partial charge is 0.854 e. The van der Waals surface area contributed by atoms with Crippen molar-refractivity contribution in [1.29, 1.82) is 0 Å². The zero-order valence-corrected chi connectivity index (χ0v) is 11.5. The van der Waals surface area contributed by atoms with E-state index in [9.17, 15) is 10.2 Å². The third kappa shape index (κ3) is 36.3. The van der Waals surface area contributed by atoms with Gasteiger partial charge in [0, 0.05) is 0 Å². The summed E-state index contributed by atoms with van der Waals surface area (Å²) >= 11 is 0. The van der Waals surface area contributed by atoms with Crippen LogP contribution in [0.5, 0.6) is 0 Å². The molecular weight excluding hydrogens is 307 g/mol. The fourth-order valence-corrected chi connectivity index (χ4v) is 0. The Morgan fingerprint density at radius 2 is 0.909 bits per heavy atom. The Morgan fingerprint density at radius 1 is 0.818 bits per heavy atom. The molecule has 66 valence electrons. The summed E-state index contributed by atoms with van der Waals surface area (Å²) in [4.78, 5) is 0. The summed E-state index contributed by atoms with van der Waals surface area (Å²) in [7, 11) is 0. The van der Waals surface area contributed by atoms with Crippen molar-refractivity contribution >= 4 is 0 Å². The predicted octanol–water partition coefficient (Wildman–Crippen LogP) is 0.00290. The molecular formula is C8H18HfO2. The van der Waals surface area contributed by atoms with Crippen LogP contribution in [0.1, 0.15) is 27.7 Å². The minimum Gasteiger partial charge on any atom is -0.854 e. The molecule has 0 N–H and O–H groups in total. The molecule has 0 aromatic rings. The van der Waals surface area contributed by atoms with E-state index in [-0.39, 0.29) is 39.1 Å². The summed E-state index contributed by atoms with van der Waals surface area (Å²) in [5.74, 6) is 0.657. The van der Waals surface area contributed by atoms with Gasteiger partial charge in [-0.2, -0.15) is 0 Å². The molecule has 0 radical (unpaired) electrons. The molecule has 0 fully saturated rings. The molecule has 0 aromatic carbocycles. The van der Waals surface area contributed by atoms with E-state index in [1.54, 1.807) is 0 Å². The van der Waals surface area contributed by atoms with Crippen LogP contribution in [0.2, 0.25) is 0 Å². The quantitative estimate of drug-likeness (QED) is 0.672. The first-order valence-electron chi connectivity index (χ1n) is 3.70. The Bertz CT molecular complexity index is 48.1. The molecule has 0 aromatic heterocycles. The van der Waals surface area contributed by atoms with Gasteiger partial charge >= 0.3 is 25.8 Å². The standard InChI is InChI=1S/2C4H9O.Hf/c2*1-4(2)3-5;/h2*4H,3H2,1-2H3;/q2*-1;+2. The fourth-order valence-electron chi connectivity index (χ4n) is 0. The minimum absolute atomic E-state index is 0. The van der Waals surface area contributed by atoms with Gasteiger partial charge in [-0.1, -0.05) is 39.5 Å². The van der Waals surface area contributed by atoms with Crippen molar-refractivity contribution in [3.63, 3.8) is 0 Å². The van der Waals surface area contributed by atoms with Gasteiger partial charge in [-0.3, -0.25) is 0 Å². The Kier molecular flexibility index (Phi) is 21.6. The maximum absolute atomic E-state index is 9.63. The van der Waals surface area contributed by atoms with E-state index in [0.717, 1.165) is 0 Å². The molecule has 0 saturated heterocycles. The van der Waals surface area contributed by atoms with E-state index in [1.165, 1.54) is 0 Å². The molecule has 0 amide bonds. The Hall–Kier alpha value is 0.790. The van der Waals surface area contributed by atoms with Gasteiger partial charge in [-0.05, 0) is 0 Å². The van der Waals surface area contributed by atoms with Crippen LogP contribution in [0.15, 0.2) is 0 Å². The van der Waals surface area contributed by atoms with Crippen molar-refractivity contribution in [3.05, 3.63) is 0 Å². The predicted molar refractivity (Wildman–Crippen MR) is 39.4 cm³/mol. The van der Waals surface area contributed by atoms with Crippen molar-refractivity contribution in [2.75, 3.05) is 13.2 Å². The van der Waals surface area contributed by atoms with Crippen LogP contribution in [0.25, 0.3) is 0 Å². The number of hydrogen-bond acceptors (Lipinski definition) is 2. The largest absolute Gasteiger partial charge is 2.00 e. The van der Waals surface area contributed by atoms with Gasteiger partial charge in [0.25, 0.3) is 0 Å². The third-order valence-corrected chi connectivity index (χ3v) is 0.667. The normalized spacial score (nSPS) is 8.73. The number of hydrogen-bond donors (Lipinski definition) is 0. The monoisotopic (exact) mass is 326 g/mol. The van der Waals surface area contributed by atoms with Crippen molar-refractivity contribution in [2.45, 2.75) is 27.7 Å². The molecule has 0 aliphatic carbocycles. The average Bonchev–Trinajstić information content (AvgIpc) is 1.89. The van der Waals surface area contributed by atoms with Crippen molar-refractivity contribution < 1.29 is 36.1 Å². The summed E-state index contributed by atoms with van der Waals surface area (Å²) in [6, 6.07) is 0. The van der Waals surface area contributed by atoms with Crippen LogP contribution in [0.3, 0.4) is 0 Å². The van der Waals surface area contributed by atoms with Gasteiger partial charge in [-0.15, -0.1) is 13.2 Å². The molecule has 3 heteroatoms. The van der Waals surface area contributed by atoms with Gasteiger partial charge < -0.3 is 10.2 Å². The SMILES string of the molecule is CC(C)C[O-].CC(C)C[O-].[Hf+2]. The molecule has 0 rings (SSSR count). The second kappa shape index (κ2) is 13.4. The first-order chi connectivity index (χ1) is 4.54. The Balaban J connectivity index is -0.000000107. The molecule has 0 spiro atoms. The van der Waals surface area contributed by atoms with Gasteiger partial charge in [-0.25, -0.2) is 0 Å². The maximum atomic E-state index is 9.63. The van der Waals surface area contributed by atoms with Crippen LogP contribution in [0, 0.1) is 11.8 Å². The fraction of sp³-hybridized carbons (Fsp3) is 1.00. The van der Waals surface area contributed by atoms with E-state index < -0.39 is 0 Å². The minimum atomic E-state index is 0. The van der Waals surface area contributed by atoms with Crippen LogP contribution >= 0.6 is 0 Å². The third-order valence-electron chi connectivity index (χ3n) is 0.667. The topological polar surface area (TPSA) is 46.1 Å². The summed E-state index contributed by atoms with van der Waals surface area (Å²) in [6.07, 6.45) is 0. The van der Waals surface area contributed by atoms with Gasteiger partial charge in [0.1, 0.15) is 0 Å². The summed E-state index contributed by atoms with van der Waals surface area (Å²) in [5.41, 5.74) is 0. The summed E-state index contributed by atoms with van der Waals surface area (Å²) < 4.78 is 0. The van der Waals surface area contributed by atoms with E-state index >= 15 is 0 Å². The van der Waals surface area contributed by atoms with Crippen molar-refractivity contribution in [3.8, 4) is 0 Å². The molecule has 11 heavy (non-hydrogen) atoms. The van der Waals surface area contributed by atoms with Gasteiger partial charge in [0.05, 0.1) is 0 Å². The summed E-state index contributed by atoms with van der Waals surface area (Å²) in [6.45, 7) is 7.75. The second-order valence-corrected chi connectivity index (χ2v) is 3.12. The zero-order chi connectivity index (χ0) is 8.57. The Labute approximate surface area is 88.8 Å². The maximum Gasteiger partial charge on any atom is 2.00 e. The van der Waals surface area contributed by atoms with E-state index in [2.05, 4.69) is 0 Å². The molecule has 0 atom stereocenters. The van der Waals surface area contributed by atoms with Crippen molar-refractivity contribution in [1.82, 2.24) is 0 Å². The van der Waals surface area contributed by atoms with Crippen molar-refractivity contribution in [2.24, 2.45) is 11.8 Å². The van der Waals surface area contributed by atoms with Crippen LogP contribution in [-0.2, 0) is 25.8 Å².